The van der Waals surface area contributed by atoms with Crippen LogP contribution in [0.15, 0.2) is 48.5 Å². The summed E-state index contributed by atoms with van der Waals surface area (Å²) in [5.41, 5.74) is 3.57. The van der Waals surface area contributed by atoms with E-state index < -0.39 is 0 Å². The van der Waals surface area contributed by atoms with Gasteiger partial charge >= 0.3 is 0 Å². The number of phenols is 1. The number of nitrogens with one attached hydrogen (secondary N) is 1. The summed E-state index contributed by atoms with van der Waals surface area (Å²) in [5, 5.41) is 13.8. The van der Waals surface area contributed by atoms with Crippen molar-refractivity contribution in [1.82, 2.24) is 10.2 Å². The summed E-state index contributed by atoms with van der Waals surface area (Å²) in [4.78, 5) is 4.49. The van der Waals surface area contributed by atoms with Gasteiger partial charge in [0, 0.05) is 44.5 Å². The van der Waals surface area contributed by atoms with Crippen molar-refractivity contribution in [3.63, 3.8) is 0 Å². The minimum Gasteiger partial charge on any atom is -0.508 e. The first-order valence-electron chi connectivity index (χ1n) is 8.24. The molecule has 4 nitrogen and oxygen atoms in total. The van der Waals surface area contributed by atoms with E-state index >= 15 is 0 Å². The molecule has 126 valence electrons. The average Bonchev–Trinajstić information content (AvgIpc) is 2.61. The third-order valence-electron chi connectivity index (χ3n) is 4.33. The molecule has 3 rings (SSSR count). The highest BCUT2D eigenvalue weighted by Gasteiger charge is 2.19. The lowest BCUT2D eigenvalue weighted by Gasteiger charge is -2.37. The predicted molar refractivity (Wildman–Crippen MR) is 103 cm³/mol. The summed E-state index contributed by atoms with van der Waals surface area (Å²) >= 11 is 5.53. The zero-order valence-electron chi connectivity index (χ0n) is 13.9. The summed E-state index contributed by atoms with van der Waals surface area (Å²) in [5.74, 6) is 0.310. The van der Waals surface area contributed by atoms with E-state index in [4.69, 9.17) is 12.2 Å². The Morgan fingerprint density at radius 3 is 2.46 bits per heavy atom. The first-order valence-corrected chi connectivity index (χ1v) is 8.65. The van der Waals surface area contributed by atoms with E-state index in [1.165, 1.54) is 11.1 Å². The second-order valence-electron chi connectivity index (χ2n) is 6.14. The lowest BCUT2D eigenvalue weighted by atomic mass is 10.1. The Morgan fingerprint density at radius 2 is 1.79 bits per heavy atom. The van der Waals surface area contributed by atoms with E-state index in [0.29, 0.717) is 5.75 Å². The van der Waals surface area contributed by atoms with Gasteiger partial charge in [0.15, 0.2) is 5.11 Å². The van der Waals surface area contributed by atoms with E-state index in [0.717, 1.165) is 43.5 Å². The third kappa shape index (κ3) is 4.17. The second kappa shape index (κ2) is 7.53. The van der Waals surface area contributed by atoms with Crippen molar-refractivity contribution < 1.29 is 5.11 Å². The van der Waals surface area contributed by atoms with E-state index in [9.17, 15) is 5.11 Å². The van der Waals surface area contributed by atoms with E-state index in [-0.39, 0.29) is 0 Å². The molecule has 0 spiro atoms. The number of benzene rings is 2. The second-order valence-corrected chi connectivity index (χ2v) is 6.52. The van der Waals surface area contributed by atoms with Crippen LogP contribution < -0.4 is 10.2 Å². The van der Waals surface area contributed by atoms with Gasteiger partial charge in [0.25, 0.3) is 0 Å². The maximum atomic E-state index is 9.61. The van der Waals surface area contributed by atoms with Gasteiger partial charge in [-0.25, -0.2) is 0 Å². The summed E-state index contributed by atoms with van der Waals surface area (Å²) in [6, 6.07) is 15.9. The van der Waals surface area contributed by atoms with Crippen LogP contribution in [-0.4, -0.2) is 41.3 Å². The zero-order valence-corrected chi connectivity index (χ0v) is 14.7. The minimum absolute atomic E-state index is 0.310. The Balaban J connectivity index is 1.49. The Bertz CT molecular complexity index is 694. The first-order chi connectivity index (χ1) is 11.6. The van der Waals surface area contributed by atoms with E-state index in [1.807, 2.05) is 18.2 Å². The number of aryl methyl sites for hydroxylation is 1. The molecule has 0 unspecified atom stereocenters. The minimum atomic E-state index is 0.310. The predicted octanol–water partition coefficient (Wildman–Crippen LogP) is 2.90. The molecule has 0 amide bonds. The third-order valence-corrected chi connectivity index (χ3v) is 4.73. The lowest BCUT2D eigenvalue weighted by molar-refractivity contribution is 0.379. The number of phenolic OH excluding ortho intramolecular Hbond substituents is 1. The van der Waals surface area contributed by atoms with Gasteiger partial charge in [-0.1, -0.05) is 35.9 Å². The molecule has 1 aliphatic rings. The zero-order chi connectivity index (χ0) is 16.9. The highest BCUT2D eigenvalue weighted by molar-refractivity contribution is 7.80. The molecule has 2 aromatic rings. The smallest absolute Gasteiger partial charge is 0.169 e. The van der Waals surface area contributed by atoms with Gasteiger partial charge in [-0.15, -0.1) is 0 Å². The number of thiocarbonyl (C=S) groups is 1. The number of anilines is 1. The molecule has 2 N–H and O–H groups in total. The highest BCUT2D eigenvalue weighted by atomic mass is 32.1. The van der Waals surface area contributed by atoms with Crippen LogP contribution in [0.25, 0.3) is 0 Å². The molecule has 0 saturated carbocycles. The number of aromatic hydroxyl groups is 1. The fourth-order valence-corrected chi connectivity index (χ4v) is 3.11. The quantitative estimate of drug-likeness (QED) is 0.840. The molecule has 0 aromatic heterocycles. The van der Waals surface area contributed by atoms with Crippen LogP contribution in [0.5, 0.6) is 5.75 Å². The van der Waals surface area contributed by atoms with Gasteiger partial charge in [-0.05, 0) is 36.8 Å². The van der Waals surface area contributed by atoms with Crippen molar-refractivity contribution in [1.29, 1.82) is 0 Å². The Kier molecular flexibility index (Phi) is 5.20. The van der Waals surface area contributed by atoms with Crippen molar-refractivity contribution >= 4 is 23.0 Å². The fraction of sp³-hybridized carbons (Fsp3) is 0.316. The van der Waals surface area contributed by atoms with Crippen LogP contribution in [0.4, 0.5) is 5.69 Å². The summed E-state index contributed by atoms with van der Waals surface area (Å²) < 4.78 is 0. The van der Waals surface area contributed by atoms with Crippen LogP contribution in [0, 0.1) is 6.92 Å². The van der Waals surface area contributed by atoms with Gasteiger partial charge in [0.05, 0.1) is 0 Å². The molecular weight excluding hydrogens is 318 g/mol. The van der Waals surface area contributed by atoms with Gasteiger partial charge in [-0.3, -0.25) is 0 Å². The van der Waals surface area contributed by atoms with Crippen molar-refractivity contribution in [3.8, 4) is 5.75 Å². The standard InChI is InChI=1S/C19H23N3OS/c1-15-5-7-16(8-6-15)14-20-19(24)22-11-9-21(10-12-22)17-3-2-4-18(23)13-17/h2-8,13,23H,9-12,14H2,1H3,(H,20,24). The lowest BCUT2D eigenvalue weighted by Crippen LogP contribution is -2.51. The number of nitrogens with zero attached hydrogens (tertiary/aromatic N) is 2. The average molecular weight is 341 g/mol. The molecule has 24 heavy (non-hydrogen) atoms. The molecule has 0 bridgehead atoms. The van der Waals surface area contributed by atoms with Gasteiger partial charge in [0.2, 0.25) is 0 Å². The number of hydrogen-bond acceptors (Lipinski definition) is 3. The van der Waals surface area contributed by atoms with Crippen LogP contribution in [-0.2, 0) is 6.54 Å². The molecule has 0 aliphatic carbocycles. The molecule has 5 heteroatoms. The molecular formula is C19H23N3OS. The van der Waals surface area contributed by atoms with Crippen molar-refractivity contribution in [2.45, 2.75) is 13.5 Å². The topological polar surface area (TPSA) is 38.7 Å². The molecule has 1 fully saturated rings. The summed E-state index contributed by atoms with van der Waals surface area (Å²) in [6.07, 6.45) is 0. The van der Waals surface area contributed by atoms with Gasteiger partial charge < -0.3 is 20.2 Å². The van der Waals surface area contributed by atoms with Crippen LogP contribution >= 0.6 is 12.2 Å². The molecule has 0 atom stereocenters. The van der Waals surface area contributed by atoms with Crippen LogP contribution in [0.2, 0.25) is 0 Å². The fourth-order valence-electron chi connectivity index (χ4n) is 2.85. The van der Waals surface area contributed by atoms with E-state index in [1.54, 1.807) is 6.07 Å². The number of hydrogen-bond donors (Lipinski definition) is 2. The summed E-state index contributed by atoms with van der Waals surface area (Å²) in [6.45, 7) is 6.41. The molecule has 1 heterocycles. The van der Waals surface area contributed by atoms with Crippen molar-refractivity contribution in [2.24, 2.45) is 0 Å². The van der Waals surface area contributed by atoms with Crippen LogP contribution in [0.3, 0.4) is 0 Å². The SMILES string of the molecule is Cc1ccc(CNC(=S)N2CCN(c3cccc(O)c3)CC2)cc1. The van der Waals surface area contributed by atoms with E-state index in [2.05, 4.69) is 46.3 Å². The number of rotatable bonds is 3. The van der Waals surface area contributed by atoms with Crippen molar-refractivity contribution in [3.05, 3.63) is 59.7 Å². The Morgan fingerprint density at radius 1 is 1.08 bits per heavy atom. The van der Waals surface area contributed by atoms with Crippen molar-refractivity contribution in [2.75, 3.05) is 31.1 Å². The summed E-state index contributed by atoms with van der Waals surface area (Å²) in [7, 11) is 0. The Labute approximate surface area is 148 Å². The maximum absolute atomic E-state index is 9.61. The first kappa shape index (κ1) is 16.6. The largest absolute Gasteiger partial charge is 0.508 e. The molecule has 1 saturated heterocycles. The van der Waals surface area contributed by atoms with Crippen LogP contribution in [0.1, 0.15) is 11.1 Å². The monoisotopic (exact) mass is 341 g/mol. The van der Waals surface area contributed by atoms with Gasteiger partial charge in [-0.2, -0.15) is 0 Å². The molecule has 1 aliphatic heterocycles. The highest BCUT2D eigenvalue weighted by Crippen LogP contribution is 2.21. The Hall–Kier alpha value is -2.27. The van der Waals surface area contributed by atoms with Gasteiger partial charge in [0.1, 0.15) is 5.75 Å². The maximum Gasteiger partial charge on any atom is 0.169 e. The molecule has 0 radical (unpaired) electrons. The normalized spacial score (nSPS) is 14.5. The molecule has 2 aromatic carbocycles. The number of piperazine rings is 1.